The summed E-state index contributed by atoms with van der Waals surface area (Å²) in [7, 11) is 3.11. The van der Waals surface area contributed by atoms with Gasteiger partial charge in [0.05, 0.1) is 25.5 Å². The number of carbonyl (C=O) groups excluding carboxylic acids is 1. The van der Waals surface area contributed by atoms with Crippen LogP contribution in [-0.4, -0.2) is 67.5 Å². The monoisotopic (exact) mass is 430 g/mol. The lowest BCUT2D eigenvalue weighted by molar-refractivity contribution is -0.137. The number of carbonyl (C=O) groups is 1. The van der Waals surface area contributed by atoms with Gasteiger partial charge in [-0.1, -0.05) is 11.8 Å². The molecule has 2 fully saturated rings. The molecule has 1 aromatic carbocycles. The second-order valence-corrected chi connectivity index (χ2v) is 8.36. The number of nitrogens with zero attached hydrogens (tertiary/aromatic N) is 4. The quantitative estimate of drug-likeness (QED) is 0.536. The van der Waals surface area contributed by atoms with Crippen LogP contribution >= 0.6 is 11.8 Å². The fourth-order valence-electron chi connectivity index (χ4n) is 4.09. The maximum atomic E-state index is 12.8. The van der Waals surface area contributed by atoms with E-state index >= 15 is 0 Å². The number of hydrogen-bond donors (Lipinski definition) is 0. The number of piperidine rings is 2. The maximum absolute atomic E-state index is 12.8. The highest BCUT2D eigenvalue weighted by Gasteiger charge is 2.30. The summed E-state index contributed by atoms with van der Waals surface area (Å²) in [4.78, 5) is 21.8. The van der Waals surface area contributed by atoms with Gasteiger partial charge < -0.3 is 19.3 Å². The van der Waals surface area contributed by atoms with E-state index in [1.807, 2.05) is 6.26 Å². The van der Waals surface area contributed by atoms with Gasteiger partial charge in [-0.05, 0) is 38.4 Å². The summed E-state index contributed by atoms with van der Waals surface area (Å²) in [6.45, 7) is 3.40. The summed E-state index contributed by atoms with van der Waals surface area (Å²) in [6.07, 6.45) is 7.14. The molecule has 30 heavy (non-hydrogen) atoms. The van der Waals surface area contributed by atoms with Gasteiger partial charge in [0.2, 0.25) is 5.91 Å². The molecule has 8 heteroatoms. The largest absolute Gasteiger partial charge is 0.493 e. The van der Waals surface area contributed by atoms with Crippen LogP contribution in [0.2, 0.25) is 0 Å². The summed E-state index contributed by atoms with van der Waals surface area (Å²) < 4.78 is 10.7. The Balaban J connectivity index is 1.72. The SMILES string of the molecule is COc1cc(C#N)c(N=C(SC)N2CCC(C(=O)N3CCCCC3)CC2)cc1OC. The van der Waals surface area contributed by atoms with Crippen molar-refractivity contribution in [2.24, 2.45) is 10.9 Å². The molecule has 0 N–H and O–H groups in total. The van der Waals surface area contributed by atoms with Crippen LogP contribution in [-0.2, 0) is 4.79 Å². The van der Waals surface area contributed by atoms with E-state index in [9.17, 15) is 10.1 Å². The van der Waals surface area contributed by atoms with E-state index in [-0.39, 0.29) is 5.92 Å². The molecule has 2 aliphatic rings. The number of amidine groups is 1. The van der Waals surface area contributed by atoms with E-state index in [0.29, 0.717) is 28.7 Å². The van der Waals surface area contributed by atoms with Crippen molar-refractivity contribution in [1.82, 2.24) is 9.80 Å². The van der Waals surface area contributed by atoms with Crippen LogP contribution in [0.5, 0.6) is 11.5 Å². The number of benzene rings is 1. The molecule has 0 saturated carbocycles. The molecule has 0 atom stereocenters. The Kier molecular flexibility index (Phi) is 7.86. The zero-order valence-corrected chi connectivity index (χ0v) is 18.8. The normalized spacial score (nSPS) is 18.1. The molecular weight excluding hydrogens is 400 g/mol. The number of methoxy groups -OCH3 is 2. The Morgan fingerprint density at radius 3 is 2.27 bits per heavy atom. The number of aliphatic imine (C=N–C) groups is 1. The number of hydrogen-bond acceptors (Lipinski definition) is 6. The zero-order valence-electron chi connectivity index (χ0n) is 18.0. The van der Waals surface area contributed by atoms with E-state index < -0.39 is 0 Å². The van der Waals surface area contributed by atoms with Crippen LogP contribution in [0, 0.1) is 17.2 Å². The van der Waals surface area contributed by atoms with Crippen molar-refractivity contribution in [3.8, 4) is 17.6 Å². The minimum atomic E-state index is 0.109. The first-order chi connectivity index (χ1) is 14.6. The average Bonchev–Trinajstić information content (AvgIpc) is 2.82. The number of thioether (sulfide) groups is 1. The summed E-state index contributed by atoms with van der Waals surface area (Å²) in [5.41, 5.74) is 1.00. The molecule has 2 saturated heterocycles. The van der Waals surface area contributed by atoms with Crippen molar-refractivity contribution in [3.05, 3.63) is 17.7 Å². The first kappa shape index (κ1) is 22.3. The second-order valence-electron chi connectivity index (χ2n) is 7.58. The predicted octanol–water partition coefficient (Wildman–Crippen LogP) is 3.65. The van der Waals surface area contributed by atoms with E-state index in [4.69, 9.17) is 14.5 Å². The fraction of sp³-hybridized carbons (Fsp3) is 0.591. The van der Waals surface area contributed by atoms with Crippen LogP contribution in [0.3, 0.4) is 0 Å². The van der Waals surface area contributed by atoms with Gasteiger partial charge in [0.15, 0.2) is 16.7 Å². The van der Waals surface area contributed by atoms with Gasteiger partial charge in [-0.15, -0.1) is 0 Å². The highest BCUT2D eigenvalue weighted by Crippen LogP contribution is 2.35. The second kappa shape index (κ2) is 10.6. The van der Waals surface area contributed by atoms with Crippen molar-refractivity contribution in [1.29, 1.82) is 5.26 Å². The van der Waals surface area contributed by atoms with Crippen LogP contribution in [0.4, 0.5) is 5.69 Å². The van der Waals surface area contributed by atoms with Gasteiger partial charge in [-0.2, -0.15) is 5.26 Å². The van der Waals surface area contributed by atoms with Crippen LogP contribution in [0.1, 0.15) is 37.7 Å². The molecule has 0 unspecified atom stereocenters. The molecule has 7 nitrogen and oxygen atoms in total. The van der Waals surface area contributed by atoms with Crippen molar-refractivity contribution >= 4 is 28.5 Å². The molecule has 1 amide bonds. The van der Waals surface area contributed by atoms with Crippen LogP contribution in [0.25, 0.3) is 0 Å². The minimum absolute atomic E-state index is 0.109. The van der Waals surface area contributed by atoms with E-state index in [2.05, 4.69) is 15.9 Å². The zero-order chi connectivity index (χ0) is 21.5. The van der Waals surface area contributed by atoms with Gasteiger partial charge in [0.1, 0.15) is 6.07 Å². The van der Waals surface area contributed by atoms with Crippen LogP contribution in [0.15, 0.2) is 17.1 Å². The minimum Gasteiger partial charge on any atom is -0.493 e. The highest BCUT2D eigenvalue weighted by molar-refractivity contribution is 8.13. The summed E-state index contributed by atoms with van der Waals surface area (Å²) >= 11 is 1.55. The summed E-state index contributed by atoms with van der Waals surface area (Å²) in [5, 5.41) is 10.4. The molecule has 162 valence electrons. The van der Waals surface area contributed by atoms with Gasteiger partial charge in [0.25, 0.3) is 0 Å². The third-order valence-electron chi connectivity index (χ3n) is 5.80. The average molecular weight is 431 g/mol. The Morgan fingerprint density at radius 2 is 1.70 bits per heavy atom. The number of ether oxygens (including phenoxy) is 2. The Morgan fingerprint density at radius 1 is 1.07 bits per heavy atom. The smallest absolute Gasteiger partial charge is 0.225 e. The van der Waals surface area contributed by atoms with Gasteiger partial charge in [-0.3, -0.25) is 4.79 Å². The van der Waals surface area contributed by atoms with Crippen molar-refractivity contribution in [2.75, 3.05) is 46.7 Å². The Bertz CT molecular complexity index is 822. The number of likely N-dealkylation sites (tertiary alicyclic amines) is 2. The predicted molar refractivity (Wildman–Crippen MR) is 120 cm³/mol. The molecule has 0 aliphatic carbocycles. The first-order valence-corrected chi connectivity index (χ1v) is 11.7. The molecule has 0 bridgehead atoms. The summed E-state index contributed by atoms with van der Waals surface area (Å²) in [6, 6.07) is 5.58. The molecule has 2 aliphatic heterocycles. The third kappa shape index (κ3) is 5.01. The Labute approximate surface area is 183 Å². The summed E-state index contributed by atoms with van der Waals surface area (Å²) in [5.74, 6) is 1.49. The lowest BCUT2D eigenvalue weighted by atomic mass is 9.94. The molecule has 0 spiro atoms. The van der Waals surface area contributed by atoms with Crippen molar-refractivity contribution < 1.29 is 14.3 Å². The van der Waals surface area contributed by atoms with Crippen LogP contribution < -0.4 is 9.47 Å². The topological polar surface area (TPSA) is 78.2 Å². The number of amides is 1. The molecule has 2 heterocycles. The van der Waals surface area contributed by atoms with Gasteiger partial charge >= 0.3 is 0 Å². The van der Waals surface area contributed by atoms with Crippen molar-refractivity contribution in [2.45, 2.75) is 32.1 Å². The van der Waals surface area contributed by atoms with E-state index in [1.54, 1.807) is 38.1 Å². The highest BCUT2D eigenvalue weighted by atomic mass is 32.2. The Hall–Kier alpha value is -2.40. The lowest BCUT2D eigenvalue weighted by Crippen LogP contribution is -2.45. The van der Waals surface area contributed by atoms with E-state index in [1.165, 1.54) is 6.42 Å². The third-order valence-corrected chi connectivity index (χ3v) is 6.52. The molecular formula is C22H30N4O3S. The molecule has 3 rings (SSSR count). The molecule has 0 aromatic heterocycles. The lowest BCUT2D eigenvalue weighted by Gasteiger charge is -2.36. The standard InChI is InChI=1S/C22H30N4O3S/c1-28-19-13-17(15-23)18(14-20(19)29-2)24-22(30-3)26-11-7-16(8-12-26)21(27)25-9-5-4-6-10-25/h13-14,16H,4-12H2,1-3H3. The van der Waals surface area contributed by atoms with Gasteiger partial charge in [0, 0.05) is 44.2 Å². The maximum Gasteiger partial charge on any atom is 0.225 e. The first-order valence-electron chi connectivity index (χ1n) is 10.4. The van der Waals surface area contributed by atoms with Crippen molar-refractivity contribution in [3.63, 3.8) is 0 Å². The molecule has 0 radical (unpaired) electrons. The van der Waals surface area contributed by atoms with E-state index in [0.717, 1.165) is 57.0 Å². The number of nitriles is 1. The fourth-order valence-corrected chi connectivity index (χ4v) is 4.72. The molecule has 1 aromatic rings. The van der Waals surface area contributed by atoms with Gasteiger partial charge in [-0.25, -0.2) is 4.99 Å². The number of rotatable bonds is 4.